The van der Waals surface area contributed by atoms with Crippen LogP contribution in [0.25, 0.3) is 0 Å². The van der Waals surface area contributed by atoms with E-state index < -0.39 is 0 Å². The molecule has 0 fully saturated rings. The predicted molar refractivity (Wildman–Crippen MR) is 99.1 cm³/mol. The van der Waals surface area contributed by atoms with E-state index >= 15 is 0 Å². The number of phenolic OH excluding ortho intramolecular Hbond substituents is 2. The van der Waals surface area contributed by atoms with E-state index in [1.165, 1.54) is 0 Å². The second-order valence-electron chi connectivity index (χ2n) is 5.15. The molecule has 0 saturated heterocycles. The van der Waals surface area contributed by atoms with Gasteiger partial charge in [-0.15, -0.1) is 0 Å². The summed E-state index contributed by atoms with van der Waals surface area (Å²) in [6.07, 6.45) is 0. The Morgan fingerprint density at radius 3 is 1.62 bits per heavy atom. The van der Waals surface area contributed by atoms with Crippen LogP contribution >= 0.6 is 63.7 Å². The van der Waals surface area contributed by atoms with Crippen LogP contribution in [0.5, 0.6) is 11.5 Å². The second kappa shape index (κ2) is 6.22. The van der Waals surface area contributed by atoms with Crippen molar-refractivity contribution in [1.82, 2.24) is 0 Å². The molecule has 21 heavy (non-hydrogen) atoms. The van der Waals surface area contributed by atoms with Crippen LogP contribution in [0, 0.1) is 0 Å². The van der Waals surface area contributed by atoms with E-state index in [2.05, 4.69) is 77.6 Å². The molecule has 0 aliphatic rings. The fourth-order valence-electron chi connectivity index (χ4n) is 2.19. The molecule has 0 saturated carbocycles. The van der Waals surface area contributed by atoms with Crippen molar-refractivity contribution in [3.8, 4) is 11.5 Å². The van der Waals surface area contributed by atoms with Gasteiger partial charge in [0.1, 0.15) is 11.5 Å². The Balaban J connectivity index is 2.73. The van der Waals surface area contributed by atoms with Crippen molar-refractivity contribution < 1.29 is 10.2 Å². The third kappa shape index (κ3) is 3.05. The van der Waals surface area contributed by atoms with Crippen LogP contribution in [0.15, 0.2) is 42.2 Å². The molecule has 112 valence electrons. The predicted octanol–water partition coefficient (Wildman–Crippen LogP) is 6.47. The van der Waals surface area contributed by atoms with Crippen LogP contribution in [-0.4, -0.2) is 10.2 Å². The average Bonchev–Trinajstić information content (AvgIpc) is 2.43. The number of benzene rings is 2. The van der Waals surface area contributed by atoms with E-state index in [0.29, 0.717) is 8.95 Å². The smallest absolute Gasteiger partial charge is 0.146 e. The highest BCUT2D eigenvalue weighted by molar-refractivity contribution is 9.14. The van der Waals surface area contributed by atoms with Crippen molar-refractivity contribution >= 4 is 63.7 Å². The zero-order valence-electron chi connectivity index (χ0n) is 11.2. The molecular formula is C15H12Br4O2. The first kappa shape index (κ1) is 17.3. The minimum absolute atomic E-state index is 0.138. The first-order valence-electron chi connectivity index (χ1n) is 6.02. The molecule has 0 spiro atoms. The van der Waals surface area contributed by atoms with E-state index in [1.807, 2.05) is 12.1 Å². The summed E-state index contributed by atoms with van der Waals surface area (Å²) in [5.74, 6) is 0.375. The zero-order chi connectivity index (χ0) is 15.9. The molecule has 0 heterocycles. The molecule has 6 heteroatoms. The van der Waals surface area contributed by atoms with Crippen molar-refractivity contribution in [2.45, 2.75) is 19.3 Å². The minimum Gasteiger partial charge on any atom is -0.508 e. The molecule has 0 unspecified atom stereocenters. The molecule has 0 radical (unpaired) electrons. The Hall–Kier alpha value is -0.0400. The molecule has 2 N–H and O–H groups in total. The lowest BCUT2D eigenvalue weighted by atomic mass is 9.78. The third-order valence-corrected chi connectivity index (χ3v) is 7.65. The number of rotatable bonds is 2. The van der Waals surface area contributed by atoms with Gasteiger partial charge in [-0.25, -0.2) is 0 Å². The SMILES string of the molecule is CC(C)(c1ccc(O)cc1)c1c(Br)c(Br)c(O)c(Br)c1Br. The molecule has 0 aliphatic carbocycles. The van der Waals surface area contributed by atoms with E-state index in [4.69, 9.17) is 0 Å². The highest BCUT2D eigenvalue weighted by Crippen LogP contribution is 2.51. The maximum Gasteiger partial charge on any atom is 0.146 e. The fourth-order valence-corrected chi connectivity index (χ4v) is 5.28. The molecular weight excluding hydrogens is 532 g/mol. The van der Waals surface area contributed by atoms with Gasteiger partial charge in [-0.05, 0) is 87.0 Å². The summed E-state index contributed by atoms with van der Waals surface area (Å²) >= 11 is 13.9. The van der Waals surface area contributed by atoms with Crippen LogP contribution in [0.2, 0.25) is 0 Å². The molecule has 2 rings (SSSR count). The van der Waals surface area contributed by atoms with Crippen molar-refractivity contribution in [2.24, 2.45) is 0 Å². The maximum absolute atomic E-state index is 10.1. The lowest BCUT2D eigenvalue weighted by Crippen LogP contribution is -2.20. The third-order valence-electron chi connectivity index (χ3n) is 3.45. The molecule has 0 atom stereocenters. The average molecular weight is 544 g/mol. The van der Waals surface area contributed by atoms with Gasteiger partial charge in [0.15, 0.2) is 0 Å². The van der Waals surface area contributed by atoms with Gasteiger partial charge >= 0.3 is 0 Å². The maximum atomic E-state index is 10.1. The lowest BCUT2D eigenvalue weighted by molar-refractivity contribution is 0.466. The Morgan fingerprint density at radius 1 is 0.762 bits per heavy atom. The number of halogens is 4. The first-order chi connectivity index (χ1) is 9.67. The van der Waals surface area contributed by atoms with Crippen molar-refractivity contribution in [1.29, 1.82) is 0 Å². The van der Waals surface area contributed by atoms with Gasteiger partial charge in [0.05, 0.1) is 8.95 Å². The highest BCUT2D eigenvalue weighted by atomic mass is 79.9. The van der Waals surface area contributed by atoms with Crippen molar-refractivity contribution in [3.05, 3.63) is 53.3 Å². The number of phenols is 2. The summed E-state index contributed by atoms with van der Waals surface area (Å²) < 4.78 is 2.76. The first-order valence-corrected chi connectivity index (χ1v) is 9.20. The van der Waals surface area contributed by atoms with Gasteiger partial charge in [-0.2, -0.15) is 0 Å². The molecule has 2 nitrogen and oxygen atoms in total. The molecule has 0 aromatic heterocycles. The van der Waals surface area contributed by atoms with Crippen LogP contribution in [0.3, 0.4) is 0 Å². The van der Waals surface area contributed by atoms with Crippen LogP contribution in [0.1, 0.15) is 25.0 Å². The van der Waals surface area contributed by atoms with E-state index in [0.717, 1.165) is 20.1 Å². The van der Waals surface area contributed by atoms with Crippen molar-refractivity contribution in [3.63, 3.8) is 0 Å². The Kier molecular flexibility index (Phi) is 5.13. The Bertz CT molecular complexity index is 665. The van der Waals surface area contributed by atoms with Gasteiger partial charge < -0.3 is 10.2 Å². The quantitative estimate of drug-likeness (QED) is 0.426. The monoisotopic (exact) mass is 540 g/mol. The molecule has 2 aromatic carbocycles. The van der Waals surface area contributed by atoms with Gasteiger partial charge in [0, 0.05) is 14.4 Å². The zero-order valence-corrected chi connectivity index (χ0v) is 17.6. The summed E-state index contributed by atoms with van der Waals surface area (Å²) in [4.78, 5) is 0. The van der Waals surface area contributed by atoms with Gasteiger partial charge in [-0.1, -0.05) is 26.0 Å². The lowest BCUT2D eigenvalue weighted by Gasteiger charge is -2.30. The summed E-state index contributed by atoms with van der Waals surface area (Å²) in [7, 11) is 0. The molecule has 0 aliphatic heterocycles. The van der Waals surface area contributed by atoms with Crippen LogP contribution in [-0.2, 0) is 5.41 Å². The second-order valence-corrected chi connectivity index (χ2v) is 8.32. The fraction of sp³-hybridized carbons (Fsp3) is 0.200. The molecule has 2 aromatic rings. The van der Waals surface area contributed by atoms with Gasteiger partial charge in [0.2, 0.25) is 0 Å². The molecule has 0 amide bonds. The van der Waals surface area contributed by atoms with Crippen molar-refractivity contribution in [2.75, 3.05) is 0 Å². The standard InChI is InChI=1S/C15H12Br4O2/c1-15(2,7-3-5-8(20)6-4-7)9-10(16)12(18)14(21)13(19)11(9)17/h3-6,20-21H,1-2H3. The van der Waals surface area contributed by atoms with Crippen LogP contribution in [0.4, 0.5) is 0 Å². The normalized spacial score (nSPS) is 11.7. The van der Waals surface area contributed by atoms with Crippen LogP contribution < -0.4 is 0 Å². The molecule has 0 bridgehead atoms. The summed E-state index contributed by atoms with van der Waals surface area (Å²) in [6, 6.07) is 7.12. The number of hydrogen-bond donors (Lipinski definition) is 2. The summed E-state index contributed by atoms with van der Waals surface area (Å²) in [5.41, 5.74) is 1.69. The number of hydrogen-bond acceptors (Lipinski definition) is 2. The number of aromatic hydroxyl groups is 2. The van der Waals surface area contributed by atoms with E-state index in [9.17, 15) is 10.2 Å². The Morgan fingerprint density at radius 2 is 1.19 bits per heavy atom. The van der Waals surface area contributed by atoms with Gasteiger partial charge in [0.25, 0.3) is 0 Å². The topological polar surface area (TPSA) is 40.5 Å². The largest absolute Gasteiger partial charge is 0.508 e. The van der Waals surface area contributed by atoms with E-state index in [-0.39, 0.29) is 16.9 Å². The summed E-state index contributed by atoms with van der Waals surface area (Å²) in [6.45, 7) is 4.17. The minimum atomic E-state index is -0.343. The Labute approximate surface area is 157 Å². The van der Waals surface area contributed by atoms with Gasteiger partial charge in [-0.3, -0.25) is 0 Å². The summed E-state index contributed by atoms with van der Waals surface area (Å²) in [5, 5.41) is 19.5. The van der Waals surface area contributed by atoms with E-state index in [1.54, 1.807) is 12.1 Å². The highest BCUT2D eigenvalue weighted by Gasteiger charge is 2.31.